The summed E-state index contributed by atoms with van der Waals surface area (Å²) in [6.45, 7) is 0. The first-order valence-electron chi connectivity index (χ1n) is 8.43. The van der Waals surface area contributed by atoms with E-state index in [-0.39, 0.29) is 47.0 Å². The average molecular weight is 392 g/mol. The van der Waals surface area contributed by atoms with Crippen LogP contribution in [0.25, 0.3) is 0 Å². The smallest absolute Gasteiger partial charge is 0.326 e. The van der Waals surface area contributed by atoms with Crippen LogP contribution in [-0.2, 0) is 16.0 Å². The molecule has 3 rings (SSSR count). The third-order valence-corrected chi connectivity index (χ3v) is 5.27. The molecule has 1 amide bonds. The molecule has 1 aliphatic heterocycles. The van der Waals surface area contributed by atoms with Crippen molar-refractivity contribution >= 4 is 64.0 Å². The quantitative estimate of drug-likeness (QED) is 0.792. The molecule has 0 unspecified atom stereocenters. The molecule has 0 aromatic heterocycles. The summed E-state index contributed by atoms with van der Waals surface area (Å²) in [6, 6.07) is 15.4. The van der Waals surface area contributed by atoms with Gasteiger partial charge in [0.2, 0.25) is 11.0 Å². The summed E-state index contributed by atoms with van der Waals surface area (Å²) in [5.74, 6) is -0.948. The number of anilines is 1. The number of carboxylic acid groups (broad SMARTS) is 1. The first-order chi connectivity index (χ1) is 12.6. The van der Waals surface area contributed by atoms with Gasteiger partial charge in [0.25, 0.3) is 0 Å². The molecular formula is C20H19NNaO4S. The number of carbonyl (C=O) groups is 3. The van der Waals surface area contributed by atoms with E-state index in [9.17, 15) is 19.5 Å². The summed E-state index contributed by atoms with van der Waals surface area (Å²) in [5, 5.41) is 9.40. The molecule has 0 spiro atoms. The maximum Gasteiger partial charge on any atom is 0.326 e. The minimum Gasteiger partial charge on any atom is -0.480 e. The molecule has 5 nitrogen and oxygen atoms in total. The number of hydrogen-bond acceptors (Lipinski definition) is 4. The second-order valence-corrected chi connectivity index (χ2v) is 7.10. The van der Waals surface area contributed by atoms with Crippen LogP contribution in [0.15, 0.2) is 54.6 Å². The largest absolute Gasteiger partial charge is 0.480 e. The molecule has 1 atom stereocenters. The van der Waals surface area contributed by atoms with Gasteiger partial charge in [-0.25, -0.2) is 4.79 Å². The van der Waals surface area contributed by atoms with Crippen molar-refractivity contribution < 1.29 is 19.5 Å². The van der Waals surface area contributed by atoms with Gasteiger partial charge >= 0.3 is 5.97 Å². The fraction of sp³-hybridized carbons (Fsp3) is 0.250. The second-order valence-electron chi connectivity index (χ2n) is 6.04. The summed E-state index contributed by atoms with van der Waals surface area (Å²) in [7, 11) is 0. The Kier molecular flexibility index (Phi) is 8.10. The van der Waals surface area contributed by atoms with Gasteiger partial charge in [-0.15, -0.1) is 0 Å². The number of rotatable bonds is 5. The molecule has 7 heteroatoms. The summed E-state index contributed by atoms with van der Waals surface area (Å²) in [5.41, 5.74) is 2.23. The summed E-state index contributed by atoms with van der Waals surface area (Å²) < 4.78 is 0. The molecule has 27 heavy (non-hydrogen) atoms. The Morgan fingerprint density at radius 1 is 1.04 bits per heavy atom. The Morgan fingerprint density at radius 3 is 2.41 bits per heavy atom. The molecule has 0 bridgehead atoms. The van der Waals surface area contributed by atoms with Crippen molar-refractivity contribution in [3.63, 3.8) is 0 Å². The first-order valence-corrected chi connectivity index (χ1v) is 9.41. The van der Waals surface area contributed by atoms with Crippen molar-refractivity contribution in [3.05, 3.63) is 65.7 Å². The number of benzene rings is 2. The second kappa shape index (κ2) is 10.1. The van der Waals surface area contributed by atoms with Crippen LogP contribution in [0.3, 0.4) is 0 Å². The van der Waals surface area contributed by atoms with Crippen LogP contribution < -0.4 is 4.90 Å². The van der Waals surface area contributed by atoms with Crippen molar-refractivity contribution in [2.24, 2.45) is 0 Å². The number of thioether (sulfide) groups is 1. The van der Waals surface area contributed by atoms with E-state index < -0.39 is 12.0 Å². The first kappa shape index (κ1) is 21.7. The third kappa shape index (κ3) is 5.23. The predicted molar refractivity (Wildman–Crippen MR) is 107 cm³/mol. The molecule has 2 aromatic rings. The summed E-state index contributed by atoms with van der Waals surface area (Å²) in [6.07, 6.45) is 1.15. The molecule has 1 N–H and O–H groups in total. The van der Waals surface area contributed by atoms with Gasteiger partial charge in [-0.1, -0.05) is 60.3 Å². The maximum atomic E-state index is 12.7. The van der Waals surface area contributed by atoms with Crippen LogP contribution in [0.2, 0.25) is 0 Å². The van der Waals surface area contributed by atoms with E-state index in [1.54, 1.807) is 36.4 Å². The Bertz CT molecular complexity index is 828. The molecule has 0 saturated heterocycles. The molecule has 2 aromatic carbocycles. The monoisotopic (exact) mass is 392 g/mol. The Morgan fingerprint density at radius 2 is 1.70 bits per heavy atom. The van der Waals surface area contributed by atoms with Gasteiger partial charge in [0.15, 0.2) is 0 Å². The number of aliphatic carboxylic acids is 1. The van der Waals surface area contributed by atoms with Crippen LogP contribution in [0.5, 0.6) is 0 Å². The molecule has 1 radical (unpaired) electrons. The average Bonchev–Trinajstić information content (AvgIpc) is 2.67. The fourth-order valence-electron chi connectivity index (χ4n) is 3.10. The van der Waals surface area contributed by atoms with Gasteiger partial charge in [0.05, 0.1) is 0 Å². The summed E-state index contributed by atoms with van der Waals surface area (Å²) >= 11 is 1.08. The normalized spacial score (nSPS) is 15.4. The number of amides is 1. The van der Waals surface area contributed by atoms with Gasteiger partial charge in [-0.2, -0.15) is 0 Å². The van der Waals surface area contributed by atoms with Gasteiger partial charge in [-0.05, 0) is 24.5 Å². The maximum absolute atomic E-state index is 12.7. The van der Waals surface area contributed by atoms with Crippen molar-refractivity contribution in [3.8, 4) is 0 Å². The van der Waals surface area contributed by atoms with Crippen molar-refractivity contribution in [2.45, 2.75) is 25.3 Å². The van der Waals surface area contributed by atoms with Gasteiger partial charge in [-0.3, -0.25) is 14.5 Å². The zero-order chi connectivity index (χ0) is 18.5. The standard InChI is InChI=1S/C20H19NO4S.Na/c22-18(12-13-26-20(25)15-7-2-1-3-8-15)21-16-9-5-4-6-14(16)10-11-17(21)19(23)24;/h1-9,17H,10-13H2,(H,23,24);/t17-;/m0./s1. The van der Waals surface area contributed by atoms with Crippen LogP contribution >= 0.6 is 11.8 Å². The molecule has 0 fully saturated rings. The number of aryl methyl sites for hydroxylation is 1. The molecule has 1 aliphatic rings. The number of carboxylic acids is 1. The minimum absolute atomic E-state index is 0. The number of hydrogen-bond donors (Lipinski definition) is 1. The van der Waals surface area contributed by atoms with Crippen LogP contribution in [-0.4, -0.2) is 63.5 Å². The van der Waals surface area contributed by atoms with Gasteiger partial charge in [0, 0.05) is 53.0 Å². The Balaban J connectivity index is 0.00000261. The van der Waals surface area contributed by atoms with Crippen molar-refractivity contribution in [2.75, 3.05) is 10.7 Å². The van der Waals surface area contributed by atoms with E-state index in [0.29, 0.717) is 29.8 Å². The van der Waals surface area contributed by atoms with E-state index in [1.807, 2.05) is 18.2 Å². The zero-order valence-corrected chi connectivity index (χ0v) is 17.9. The molecule has 0 aliphatic carbocycles. The minimum atomic E-state index is -0.999. The van der Waals surface area contributed by atoms with E-state index in [4.69, 9.17) is 0 Å². The van der Waals surface area contributed by atoms with Crippen LogP contribution in [0.1, 0.15) is 28.8 Å². The van der Waals surface area contributed by atoms with Crippen molar-refractivity contribution in [1.82, 2.24) is 0 Å². The number of carbonyl (C=O) groups excluding carboxylic acids is 2. The molecule has 0 saturated carbocycles. The molecule has 1 heterocycles. The number of nitrogens with zero attached hydrogens (tertiary/aromatic N) is 1. The Hall–Kier alpha value is -1.60. The zero-order valence-electron chi connectivity index (χ0n) is 15.1. The third-order valence-electron chi connectivity index (χ3n) is 4.36. The van der Waals surface area contributed by atoms with Gasteiger partial charge in [0.1, 0.15) is 6.04 Å². The molecule has 135 valence electrons. The number of para-hydroxylation sites is 1. The van der Waals surface area contributed by atoms with E-state index in [1.165, 1.54) is 4.90 Å². The topological polar surface area (TPSA) is 74.7 Å². The molecular weight excluding hydrogens is 373 g/mol. The fourth-order valence-corrected chi connectivity index (χ4v) is 3.86. The van der Waals surface area contributed by atoms with Crippen LogP contribution in [0.4, 0.5) is 5.69 Å². The van der Waals surface area contributed by atoms with E-state index in [0.717, 1.165) is 17.3 Å². The van der Waals surface area contributed by atoms with Crippen LogP contribution in [0, 0.1) is 0 Å². The summed E-state index contributed by atoms with van der Waals surface area (Å²) in [4.78, 5) is 37.8. The van der Waals surface area contributed by atoms with Gasteiger partial charge < -0.3 is 5.11 Å². The van der Waals surface area contributed by atoms with E-state index >= 15 is 0 Å². The SMILES string of the molecule is O=C(SCCC(=O)N1c2ccccc2CC[C@H]1C(=O)O)c1ccccc1.[Na]. The predicted octanol–water partition coefficient (Wildman–Crippen LogP) is 3.00. The number of fused-ring (bicyclic) bond motifs is 1. The Labute approximate surface area is 184 Å². The van der Waals surface area contributed by atoms with Crippen molar-refractivity contribution in [1.29, 1.82) is 0 Å². The van der Waals surface area contributed by atoms with E-state index in [2.05, 4.69) is 0 Å².